The molecule has 1 saturated carbocycles. The molecule has 1 aromatic heterocycles. The van der Waals surface area contributed by atoms with Gasteiger partial charge in [-0.15, -0.1) is 4.68 Å². The van der Waals surface area contributed by atoms with Crippen LogP contribution in [0.15, 0.2) is 35.1 Å². The van der Waals surface area contributed by atoms with Crippen LogP contribution in [0.25, 0.3) is 0 Å². The number of benzene rings is 1. The van der Waals surface area contributed by atoms with E-state index in [-0.39, 0.29) is 6.04 Å². The van der Waals surface area contributed by atoms with Crippen molar-refractivity contribution in [3.63, 3.8) is 0 Å². The van der Waals surface area contributed by atoms with Crippen LogP contribution in [-0.4, -0.2) is 31.9 Å². The van der Waals surface area contributed by atoms with Gasteiger partial charge < -0.3 is 0 Å². The number of hydrogen-bond acceptors (Lipinski definition) is 4. The minimum Gasteiger partial charge on any atom is -0.290 e. The summed E-state index contributed by atoms with van der Waals surface area (Å²) in [6, 6.07) is 8.67. The van der Waals surface area contributed by atoms with E-state index in [9.17, 15) is 9.59 Å². The van der Waals surface area contributed by atoms with Crippen LogP contribution in [-0.2, 0) is 6.54 Å². The second-order valence-corrected chi connectivity index (χ2v) is 5.88. The summed E-state index contributed by atoms with van der Waals surface area (Å²) >= 11 is 0. The second kappa shape index (κ2) is 5.75. The van der Waals surface area contributed by atoms with E-state index in [2.05, 4.69) is 10.4 Å². The summed E-state index contributed by atoms with van der Waals surface area (Å²) in [7, 11) is 0. The van der Waals surface area contributed by atoms with Crippen molar-refractivity contribution >= 4 is 11.7 Å². The fraction of sp³-hybridized carbons (Fsp3) is 0.467. The third kappa shape index (κ3) is 2.79. The number of carbonyl (C=O) groups is 1. The molecule has 0 saturated heterocycles. The molecule has 116 valence electrons. The number of carbonyl (C=O) groups excluding carboxylic acids is 1. The highest BCUT2D eigenvalue weighted by molar-refractivity contribution is 5.93. The Kier molecular flexibility index (Phi) is 3.79. The van der Waals surface area contributed by atoms with Gasteiger partial charge in [-0.2, -0.15) is 4.68 Å². The maximum absolute atomic E-state index is 12.7. The summed E-state index contributed by atoms with van der Waals surface area (Å²) in [6.45, 7) is 4.33. The summed E-state index contributed by atoms with van der Waals surface area (Å²) in [5, 5.41) is 7.57. The number of tetrazole rings is 1. The topological polar surface area (TPSA) is 73.0 Å². The lowest BCUT2D eigenvalue weighted by atomic mass is 10.2. The molecule has 0 aliphatic heterocycles. The van der Waals surface area contributed by atoms with Gasteiger partial charge >= 0.3 is 11.7 Å². The van der Waals surface area contributed by atoms with Crippen LogP contribution >= 0.6 is 0 Å². The molecular weight excluding hydrogens is 282 g/mol. The average Bonchev–Trinajstić information content (AvgIpc) is 3.24. The lowest BCUT2D eigenvalue weighted by molar-refractivity contribution is 0.242. The van der Waals surface area contributed by atoms with Gasteiger partial charge in [-0.05, 0) is 55.2 Å². The maximum Gasteiger partial charge on any atom is 0.372 e. The van der Waals surface area contributed by atoms with Crippen molar-refractivity contribution < 1.29 is 4.79 Å². The van der Waals surface area contributed by atoms with Gasteiger partial charge in [0, 0.05) is 11.7 Å². The Morgan fingerprint density at radius 1 is 1.27 bits per heavy atom. The molecule has 3 rings (SSSR count). The Balaban J connectivity index is 1.90. The highest BCUT2D eigenvalue weighted by atomic mass is 16.2. The van der Waals surface area contributed by atoms with Crippen molar-refractivity contribution in [3.05, 3.63) is 40.8 Å². The highest BCUT2D eigenvalue weighted by Gasteiger charge is 2.27. The lowest BCUT2D eigenvalue weighted by Gasteiger charge is -2.25. The molecule has 1 fully saturated rings. The van der Waals surface area contributed by atoms with Gasteiger partial charge in [0.15, 0.2) is 0 Å². The predicted molar refractivity (Wildman–Crippen MR) is 81.9 cm³/mol. The Morgan fingerprint density at radius 2 is 1.95 bits per heavy atom. The first-order valence-electron chi connectivity index (χ1n) is 7.49. The van der Waals surface area contributed by atoms with Crippen LogP contribution in [0.3, 0.4) is 0 Å². The van der Waals surface area contributed by atoms with Gasteiger partial charge in [-0.1, -0.05) is 18.2 Å². The molecule has 7 heteroatoms. The molecular formula is C15H19N5O2. The molecule has 0 spiro atoms. The van der Waals surface area contributed by atoms with Gasteiger partial charge in [0.1, 0.15) is 0 Å². The number of aromatic nitrogens is 4. The molecule has 0 unspecified atom stereocenters. The molecule has 1 amide bonds. The molecule has 1 aromatic carbocycles. The first kappa shape index (κ1) is 14.5. The zero-order valence-corrected chi connectivity index (χ0v) is 12.7. The molecule has 0 radical (unpaired) electrons. The normalized spacial score (nSPS) is 14.3. The van der Waals surface area contributed by atoms with Crippen LogP contribution in [0.1, 0.15) is 26.7 Å². The number of nitrogens with zero attached hydrogens (tertiary/aromatic N) is 5. The summed E-state index contributed by atoms with van der Waals surface area (Å²) < 4.78 is 2.12. The Bertz CT molecular complexity index is 715. The van der Waals surface area contributed by atoms with Crippen LogP contribution in [0.5, 0.6) is 0 Å². The van der Waals surface area contributed by atoms with Gasteiger partial charge in [0.2, 0.25) is 0 Å². The molecule has 1 aliphatic carbocycles. The molecule has 0 bridgehead atoms. The monoisotopic (exact) mass is 301 g/mol. The van der Waals surface area contributed by atoms with Crippen LogP contribution in [0.4, 0.5) is 10.5 Å². The van der Waals surface area contributed by atoms with Gasteiger partial charge in [0.05, 0.1) is 6.54 Å². The highest BCUT2D eigenvalue weighted by Crippen LogP contribution is 2.29. The molecule has 0 N–H and O–H groups in total. The Hall–Kier alpha value is -2.44. The standard InChI is InChI=1S/C15H19N5O2/c1-11(2)19(13-6-4-3-5-7-13)15(22)20-14(21)18(16-17-20)10-12-8-9-12/h3-7,11-12H,8-10H2,1-2H3. The van der Waals surface area contributed by atoms with E-state index in [1.165, 1.54) is 9.58 Å². The molecule has 7 nitrogen and oxygen atoms in total. The molecule has 2 aromatic rings. The fourth-order valence-electron chi connectivity index (χ4n) is 2.37. The van der Waals surface area contributed by atoms with Crippen molar-refractivity contribution in [2.24, 2.45) is 5.92 Å². The van der Waals surface area contributed by atoms with Gasteiger partial charge in [-0.25, -0.2) is 9.59 Å². The maximum atomic E-state index is 12.7. The largest absolute Gasteiger partial charge is 0.372 e. The number of anilines is 1. The molecule has 1 aliphatic rings. The van der Waals surface area contributed by atoms with Crippen molar-refractivity contribution in [2.45, 2.75) is 39.3 Å². The third-order valence-corrected chi connectivity index (χ3v) is 3.71. The smallest absolute Gasteiger partial charge is 0.290 e. The molecule has 1 heterocycles. The van der Waals surface area contributed by atoms with E-state index in [0.717, 1.165) is 23.2 Å². The van der Waals surface area contributed by atoms with E-state index in [1.54, 1.807) is 0 Å². The lowest BCUT2D eigenvalue weighted by Crippen LogP contribution is -2.44. The predicted octanol–water partition coefficient (Wildman–Crippen LogP) is 1.73. The first-order chi connectivity index (χ1) is 10.6. The first-order valence-corrected chi connectivity index (χ1v) is 7.49. The second-order valence-electron chi connectivity index (χ2n) is 5.88. The van der Waals surface area contributed by atoms with Crippen molar-refractivity contribution in [2.75, 3.05) is 4.90 Å². The fourth-order valence-corrected chi connectivity index (χ4v) is 2.37. The van der Waals surface area contributed by atoms with E-state index >= 15 is 0 Å². The average molecular weight is 301 g/mol. The summed E-state index contributed by atoms with van der Waals surface area (Å²) in [6.07, 6.45) is 2.21. The SMILES string of the molecule is CC(C)N(C(=O)n1nnn(CC2CC2)c1=O)c1ccccc1. The van der Waals surface area contributed by atoms with Crippen LogP contribution < -0.4 is 10.6 Å². The molecule has 0 atom stereocenters. The minimum atomic E-state index is -0.478. The van der Waals surface area contributed by atoms with Crippen molar-refractivity contribution in [3.8, 4) is 0 Å². The number of para-hydroxylation sites is 1. The van der Waals surface area contributed by atoms with Crippen molar-refractivity contribution in [1.29, 1.82) is 0 Å². The van der Waals surface area contributed by atoms with E-state index in [1.807, 2.05) is 44.2 Å². The number of hydrogen-bond donors (Lipinski definition) is 0. The number of rotatable bonds is 4. The summed E-state index contributed by atoms with van der Waals surface area (Å²) in [4.78, 5) is 26.5. The zero-order chi connectivity index (χ0) is 15.7. The molecule has 22 heavy (non-hydrogen) atoms. The van der Waals surface area contributed by atoms with Crippen LogP contribution in [0.2, 0.25) is 0 Å². The minimum absolute atomic E-state index is 0.101. The summed E-state index contributed by atoms with van der Waals surface area (Å²) in [5.41, 5.74) is 0.254. The van der Waals surface area contributed by atoms with Gasteiger partial charge in [0.25, 0.3) is 0 Å². The Labute approximate surface area is 128 Å². The quantitative estimate of drug-likeness (QED) is 0.806. The van der Waals surface area contributed by atoms with Crippen LogP contribution in [0, 0.1) is 5.92 Å². The Morgan fingerprint density at radius 3 is 2.55 bits per heavy atom. The van der Waals surface area contributed by atoms with Gasteiger partial charge in [-0.3, -0.25) is 4.90 Å². The van der Waals surface area contributed by atoms with E-state index in [4.69, 9.17) is 0 Å². The van der Waals surface area contributed by atoms with E-state index < -0.39 is 11.7 Å². The number of amides is 1. The van der Waals surface area contributed by atoms with E-state index in [0.29, 0.717) is 12.5 Å². The zero-order valence-electron chi connectivity index (χ0n) is 12.7. The summed E-state index contributed by atoms with van der Waals surface area (Å²) in [5.74, 6) is 0.494. The third-order valence-electron chi connectivity index (χ3n) is 3.71. The van der Waals surface area contributed by atoms with Crippen molar-refractivity contribution in [1.82, 2.24) is 19.8 Å².